The molecule has 4 aliphatic heterocycles. The molecule has 0 aliphatic carbocycles. The molecule has 4 aromatic rings. The lowest BCUT2D eigenvalue weighted by Crippen LogP contribution is -2.62. The first-order chi connectivity index (χ1) is 29.4. The molecule has 3 N–H and O–H groups in total. The highest BCUT2D eigenvalue weighted by atomic mass is 35.5. The van der Waals surface area contributed by atoms with E-state index in [-0.39, 0.29) is 23.3 Å². The number of likely N-dealkylation sites (tertiary alicyclic amines) is 2. The molecule has 2 aromatic carbocycles. The van der Waals surface area contributed by atoms with Gasteiger partial charge < -0.3 is 25.2 Å². The Morgan fingerprint density at radius 3 is 2.20 bits per heavy atom. The van der Waals surface area contributed by atoms with Crippen molar-refractivity contribution >= 4 is 69.0 Å². The van der Waals surface area contributed by atoms with Crippen molar-refractivity contribution in [3.8, 4) is 5.75 Å². The molecular formula is C45H57ClN10O4S. The summed E-state index contributed by atoms with van der Waals surface area (Å²) in [5, 5.41) is 9.27. The van der Waals surface area contributed by atoms with E-state index in [4.69, 9.17) is 26.3 Å². The molecule has 3 amide bonds. The number of hydrogen-bond donors (Lipinski definition) is 3. The van der Waals surface area contributed by atoms with E-state index in [1.54, 1.807) is 11.1 Å². The molecule has 14 nitrogen and oxygen atoms in total. The molecule has 61 heavy (non-hydrogen) atoms. The average molecular weight is 870 g/mol. The number of halogens is 1. The number of aromatic nitrogens is 3. The van der Waals surface area contributed by atoms with Crippen molar-refractivity contribution in [2.45, 2.75) is 101 Å². The van der Waals surface area contributed by atoms with Crippen LogP contribution in [0.4, 0.5) is 39.4 Å². The fourth-order valence-electron chi connectivity index (χ4n) is 8.94. The predicted octanol–water partition coefficient (Wildman–Crippen LogP) is 7.60. The number of ether oxygens (including phenoxy) is 1. The number of pyridine rings is 1. The largest absolute Gasteiger partial charge is 0.487 e. The van der Waals surface area contributed by atoms with Gasteiger partial charge in [-0.05, 0) is 113 Å². The smallest absolute Gasteiger partial charge is 0.328 e. The maximum atomic E-state index is 13.0. The summed E-state index contributed by atoms with van der Waals surface area (Å²) in [5.41, 5.74) is 4.84. The van der Waals surface area contributed by atoms with Crippen molar-refractivity contribution in [3.05, 3.63) is 77.1 Å². The highest BCUT2D eigenvalue weighted by Gasteiger charge is 2.36. The third-order valence-corrected chi connectivity index (χ3v) is 14.2. The Morgan fingerprint density at radius 1 is 0.836 bits per heavy atom. The molecule has 0 bridgehead atoms. The summed E-state index contributed by atoms with van der Waals surface area (Å²) in [4.78, 5) is 48.1. The van der Waals surface area contributed by atoms with Gasteiger partial charge in [0.15, 0.2) is 17.4 Å². The molecule has 1 atom stereocenters. The third-order valence-electron chi connectivity index (χ3n) is 12.3. The van der Waals surface area contributed by atoms with Crippen molar-refractivity contribution < 1.29 is 18.5 Å². The Labute approximate surface area is 366 Å². The van der Waals surface area contributed by atoms with Gasteiger partial charge in [0.1, 0.15) is 5.02 Å². The normalized spacial score (nSPS) is 19.3. The quantitative estimate of drug-likeness (QED) is 0.122. The number of carbonyl (C=O) groups excluding carboxylic acids is 2. The van der Waals surface area contributed by atoms with Gasteiger partial charge in [-0.15, -0.1) is 0 Å². The second-order valence-electron chi connectivity index (χ2n) is 17.1. The molecule has 4 fully saturated rings. The Balaban J connectivity index is 0.842. The van der Waals surface area contributed by atoms with Gasteiger partial charge in [-0.25, -0.2) is 14.8 Å². The van der Waals surface area contributed by atoms with Gasteiger partial charge in [-0.3, -0.25) is 24.1 Å². The highest BCUT2D eigenvalue weighted by molar-refractivity contribution is 7.85. The topological polar surface area (TPSA) is 148 Å². The molecule has 8 rings (SSSR count). The van der Waals surface area contributed by atoms with E-state index >= 15 is 0 Å². The number of rotatable bonds is 13. The number of amides is 3. The third kappa shape index (κ3) is 9.80. The van der Waals surface area contributed by atoms with Crippen molar-refractivity contribution in [1.82, 2.24) is 30.1 Å². The van der Waals surface area contributed by atoms with Crippen molar-refractivity contribution in [1.29, 1.82) is 0 Å². The first kappa shape index (κ1) is 42.8. The molecule has 6 heterocycles. The van der Waals surface area contributed by atoms with Gasteiger partial charge in [0.05, 0.1) is 33.7 Å². The van der Waals surface area contributed by atoms with Gasteiger partial charge in [0, 0.05) is 73.5 Å². The standard InChI is InChI=1S/C45H57ClN10O4S/c1-28(2)60-39-24-36(30(5)48-43(39)52-44-47-25-37(46)42(51-44)49-38-8-6-7-9-40(38)61(59)29(3)4)31-14-19-53(20-15-31)33-16-21-54(22-17-33)35-26-55(27-35)32-10-12-34(13-11-32)56-23-18-41(57)50-45(56)58/h6-13,24-25,28-29,31,33,35H,14-23,26-27H2,1-5H3,(H,50,57,58)(H2,47,48,49,51,52). The van der Waals surface area contributed by atoms with E-state index in [0.29, 0.717) is 69.9 Å². The number of aryl methyl sites for hydroxylation is 1. The van der Waals surface area contributed by atoms with Crippen molar-refractivity contribution in [2.24, 2.45) is 0 Å². The summed E-state index contributed by atoms with van der Waals surface area (Å²) >= 11 is 6.56. The number of benzene rings is 2. The first-order valence-electron chi connectivity index (χ1n) is 21.6. The number of carbonyl (C=O) groups is 2. The number of nitrogens with one attached hydrogen (secondary N) is 3. The van der Waals surface area contributed by atoms with Gasteiger partial charge >= 0.3 is 6.03 Å². The number of anilines is 6. The number of urea groups is 1. The molecular weight excluding hydrogens is 812 g/mol. The van der Waals surface area contributed by atoms with Crippen LogP contribution in [0.1, 0.15) is 77.0 Å². The van der Waals surface area contributed by atoms with Crippen LogP contribution in [-0.4, -0.2) is 110 Å². The Kier molecular flexibility index (Phi) is 13.1. The molecule has 4 saturated heterocycles. The minimum atomic E-state index is -1.20. The highest BCUT2D eigenvalue weighted by Crippen LogP contribution is 2.38. The Morgan fingerprint density at radius 2 is 1.51 bits per heavy atom. The van der Waals surface area contributed by atoms with Crippen LogP contribution < -0.4 is 30.5 Å². The van der Waals surface area contributed by atoms with Crippen LogP contribution in [0, 0.1) is 6.92 Å². The summed E-state index contributed by atoms with van der Waals surface area (Å²) in [5.74, 6) is 2.09. The molecule has 0 spiro atoms. The minimum absolute atomic E-state index is 0.0476. The van der Waals surface area contributed by atoms with Crippen LogP contribution in [0.15, 0.2) is 65.7 Å². The van der Waals surface area contributed by atoms with E-state index in [2.05, 4.69) is 60.8 Å². The van der Waals surface area contributed by atoms with Crippen molar-refractivity contribution in [2.75, 3.05) is 66.2 Å². The fourth-order valence-corrected chi connectivity index (χ4v) is 10.1. The molecule has 16 heteroatoms. The number of nitrogens with zero attached hydrogens (tertiary/aromatic N) is 7. The van der Waals surface area contributed by atoms with Crippen LogP contribution in [0.25, 0.3) is 0 Å². The molecule has 0 radical (unpaired) electrons. The first-order valence-corrected chi connectivity index (χ1v) is 23.2. The summed E-state index contributed by atoms with van der Waals surface area (Å²) in [6, 6.07) is 18.6. The predicted molar refractivity (Wildman–Crippen MR) is 242 cm³/mol. The number of piperidine rings is 2. The number of para-hydroxylation sites is 1. The Bertz CT molecular complexity index is 2240. The second-order valence-corrected chi connectivity index (χ2v) is 19.5. The minimum Gasteiger partial charge on any atom is -0.487 e. The lowest BCUT2D eigenvalue weighted by Gasteiger charge is -2.50. The molecule has 1 unspecified atom stereocenters. The Hall–Kier alpha value is -4.83. The van der Waals surface area contributed by atoms with Crippen LogP contribution >= 0.6 is 11.6 Å². The molecule has 4 aliphatic rings. The zero-order valence-corrected chi connectivity index (χ0v) is 37.3. The lowest BCUT2D eigenvalue weighted by atomic mass is 9.87. The van der Waals surface area contributed by atoms with E-state index in [0.717, 1.165) is 63.5 Å². The molecule has 324 valence electrons. The maximum absolute atomic E-state index is 13.0. The number of hydrogen-bond acceptors (Lipinski definition) is 12. The second kappa shape index (κ2) is 18.6. The summed E-state index contributed by atoms with van der Waals surface area (Å²) in [7, 11) is -1.20. The average Bonchev–Trinajstić information content (AvgIpc) is 3.23. The summed E-state index contributed by atoms with van der Waals surface area (Å²) < 4.78 is 19.4. The van der Waals surface area contributed by atoms with E-state index < -0.39 is 10.8 Å². The number of imide groups is 1. The van der Waals surface area contributed by atoms with E-state index in [9.17, 15) is 13.8 Å². The fraction of sp³-hybridized carbons (Fsp3) is 0.489. The molecule has 0 saturated carbocycles. The maximum Gasteiger partial charge on any atom is 0.328 e. The van der Waals surface area contributed by atoms with E-state index in [1.165, 1.54) is 24.1 Å². The summed E-state index contributed by atoms with van der Waals surface area (Å²) in [6.45, 7) is 16.8. The van der Waals surface area contributed by atoms with Gasteiger partial charge in [-0.1, -0.05) is 37.6 Å². The summed E-state index contributed by atoms with van der Waals surface area (Å²) in [6.07, 6.45) is 6.33. The zero-order valence-electron chi connectivity index (χ0n) is 35.7. The zero-order chi connectivity index (χ0) is 42.8. The van der Waals surface area contributed by atoms with Crippen LogP contribution in [0.2, 0.25) is 5.02 Å². The van der Waals surface area contributed by atoms with E-state index in [1.807, 2.05) is 64.1 Å². The van der Waals surface area contributed by atoms with Crippen LogP contribution in [-0.2, 0) is 15.6 Å². The molecule has 2 aromatic heterocycles. The monoisotopic (exact) mass is 868 g/mol. The van der Waals surface area contributed by atoms with Gasteiger partial charge in [-0.2, -0.15) is 4.98 Å². The van der Waals surface area contributed by atoms with Crippen LogP contribution in [0.5, 0.6) is 5.75 Å². The van der Waals surface area contributed by atoms with Gasteiger partial charge in [0.25, 0.3) is 0 Å². The van der Waals surface area contributed by atoms with Gasteiger partial charge in [0.2, 0.25) is 11.9 Å². The van der Waals surface area contributed by atoms with Crippen LogP contribution in [0.3, 0.4) is 0 Å². The SMILES string of the molecule is Cc1nc(Nc2ncc(Cl)c(Nc3ccccc3S(=O)C(C)C)n2)c(OC(C)C)cc1C1CCN(C2CCN(C3CN(c4ccc(N5CCC(=O)NC5=O)cc4)C3)CC2)CC1. The lowest BCUT2D eigenvalue weighted by molar-refractivity contribution is -0.120. The van der Waals surface area contributed by atoms with Crippen molar-refractivity contribution in [3.63, 3.8) is 0 Å².